The lowest BCUT2D eigenvalue weighted by atomic mass is 10.2. The predicted molar refractivity (Wildman–Crippen MR) is 72.4 cm³/mol. The summed E-state index contributed by atoms with van der Waals surface area (Å²) < 4.78 is 0. The minimum atomic E-state index is 0.225. The van der Waals surface area contributed by atoms with Gasteiger partial charge in [0.25, 0.3) is 0 Å². The molecule has 0 radical (unpaired) electrons. The number of rotatable bonds is 5. The normalized spacial score (nSPS) is 11.3. The van der Waals surface area contributed by atoms with Crippen LogP contribution < -0.4 is 5.32 Å². The van der Waals surface area contributed by atoms with Gasteiger partial charge in [-0.15, -0.1) is 10.2 Å². The van der Waals surface area contributed by atoms with Crippen molar-refractivity contribution < 1.29 is 4.84 Å². The average molecular weight is 269 g/mol. The Balaban J connectivity index is 2.22. The molecule has 2 aromatic rings. The standard InChI is InChI=1S/C12H11N7O/c1-20-15-8-9-4-2-3-5-11(9)14-7-10(6-13)12-16-18-19-17-12/h2-5,7-8,14H,1H3,(H,16,17,18,19). The lowest BCUT2D eigenvalue weighted by Gasteiger charge is -2.04. The van der Waals surface area contributed by atoms with Crippen LogP contribution >= 0.6 is 0 Å². The molecule has 0 bridgehead atoms. The fraction of sp³-hybridized carbons (Fsp3) is 0.0833. The molecule has 20 heavy (non-hydrogen) atoms. The second kappa shape index (κ2) is 6.65. The number of aromatic nitrogens is 4. The number of allylic oxidation sites excluding steroid dienone is 1. The van der Waals surface area contributed by atoms with Gasteiger partial charge in [0.2, 0.25) is 5.82 Å². The van der Waals surface area contributed by atoms with Crippen molar-refractivity contribution in [2.24, 2.45) is 5.16 Å². The molecule has 2 N–H and O–H groups in total. The van der Waals surface area contributed by atoms with E-state index in [1.54, 1.807) is 6.21 Å². The smallest absolute Gasteiger partial charge is 0.216 e. The summed E-state index contributed by atoms with van der Waals surface area (Å²) in [6.07, 6.45) is 3.07. The first kappa shape index (κ1) is 13.2. The summed E-state index contributed by atoms with van der Waals surface area (Å²) in [5.41, 5.74) is 1.85. The van der Waals surface area contributed by atoms with Crippen molar-refractivity contribution >= 4 is 17.5 Å². The van der Waals surface area contributed by atoms with Gasteiger partial charge in [0, 0.05) is 17.5 Å². The minimum absolute atomic E-state index is 0.225. The van der Waals surface area contributed by atoms with Crippen LogP contribution in [-0.4, -0.2) is 33.9 Å². The van der Waals surface area contributed by atoms with Crippen molar-refractivity contribution in [3.05, 3.63) is 41.9 Å². The van der Waals surface area contributed by atoms with Gasteiger partial charge in [0.15, 0.2) is 0 Å². The van der Waals surface area contributed by atoms with Crippen LogP contribution in [0.2, 0.25) is 0 Å². The summed E-state index contributed by atoms with van der Waals surface area (Å²) in [7, 11) is 1.47. The van der Waals surface area contributed by atoms with Crippen LogP contribution in [0.1, 0.15) is 11.4 Å². The monoisotopic (exact) mass is 269 g/mol. The van der Waals surface area contributed by atoms with Crippen LogP contribution in [0.5, 0.6) is 0 Å². The number of anilines is 1. The Hall–Kier alpha value is -3.21. The SMILES string of the molecule is CON=Cc1ccccc1NC=C(C#N)c1nn[nH]n1. The number of aromatic amines is 1. The van der Waals surface area contributed by atoms with Gasteiger partial charge in [0.1, 0.15) is 18.8 Å². The highest BCUT2D eigenvalue weighted by Crippen LogP contribution is 2.14. The molecule has 1 aromatic carbocycles. The fourth-order valence-electron chi connectivity index (χ4n) is 1.42. The molecule has 100 valence electrons. The van der Waals surface area contributed by atoms with Crippen LogP contribution in [0.15, 0.2) is 35.6 Å². The van der Waals surface area contributed by atoms with Gasteiger partial charge in [-0.3, -0.25) is 0 Å². The zero-order valence-electron chi connectivity index (χ0n) is 10.6. The Morgan fingerprint density at radius 2 is 2.35 bits per heavy atom. The first-order valence-electron chi connectivity index (χ1n) is 5.61. The van der Waals surface area contributed by atoms with E-state index in [2.05, 4.69) is 35.9 Å². The number of nitrogens with one attached hydrogen (secondary N) is 2. The van der Waals surface area contributed by atoms with Crippen molar-refractivity contribution in [2.45, 2.75) is 0 Å². The van der Waals surface area contributed by atoms with Gasteiger partial charge in [-0.05, 0) is 11.3 Å². The van der Waals surface area contributed by atoms with Crippen LogP contribution in [0.4, 0.5) is 5.69 Å². The van der Waals surface area contributed by atoms with Gasteiger partial charge >= 0.3 is 0 Å². The van der Waals surface area contributed by atoms with E-state index in [1.165, 1.54) is 13.3 Å². The van der Waals surface area contributed by atoms with Crippen LogP contribution in [0.25, 0.3) is 5.57 Å². The first-order valence-corrected chi connectivity index (χ1v) is 5.61. The quantitative estimate of drug-likeness (QED) is 0.478. The lowest BCUT2D eigenvalue weighted by molar-refractivity contribution is 0.215. The maximum Gasteiger partial charge on any atom is 0.216 e. The molecule has 0 saturated carbocycles. The van der Waals surface area contributed by atoms with Gasteiger partial charge in [-0.1, -0.05) is 23.4 Å². The second-order valence-corrected chi connectivity index (χ2v) is 3.55. The second-order valence-electron chi connectivity index (χ2n) is 3.55. The highest BCUT2D eigenvalue weighted by atomic mass is 16.6. The van der Waals surface area contributed by atoms with Crippen LogP contribution in [0, 0.1) is 11.3 Å². The summed E-state index contributed by atoms with van der Waals surface area (Å²) in [4.78, 5) is 4.65. The third kappa shape index (κ3) is 3.17. The number of nitriles is 1. The number of benzene rings is 1. The number of hydrogen-bond acceptors (Lipinski definition) is 7. The molecule has 2 rings (SSSR count). The van der Waals surface area contributed by atoms with Crippen molar-refractivity contribution in [1.82, 2.24) is 20.6 Å². The number of para-hydroxylation sites is 1. The van der Waals surface area contributed by atoms with E-state index in [4.69, 9.17) is 5.26 Å². The molecule has 8 nitrogen and oxygen atoms in total. The molecule has 0 aliphatic carbocycles. The molecule has 0 unspecified atom stereocenters. The lowest BCUT2D eigenvalue weighted by Crippen LogP contribution is -1.96. The molecule has 1 aromatic heterocycles. The van der Waals surface area contributed by atoms with E-state index in [0.29, 0.717) is 0 Å². The Kier molecular flexibility index (Phi) is 4.40. The average Bonchev–Trinajstić information content (AvgIpc) is 3.01. The number of oxime groups is 1. The van der Waals surface area contributed by atoms with E-state index in [-0.39, 0.29) is 11.4 Å². The zero-order valence-corrected chi connectivity index (χ0v) is 10.6. The Labute approximate surface area is 114 Å². The molecule has 0 spiro atoms. The minimum Gasteiger partial charge on any atom is -0.399 e. The number of nitrogens with zero attached hydrogens (tertiary/aromatic N) is 5. The molecule has 0 saturated heterocycles. The van der Waals surface area contributed by atoms with Gasteiger partial charge < -0.3 is 10.2 Å². The van der Waals surface area contributed by atoms with Crippen LogP contribution in [0.3, 0.4) is 0 Å². The fourth-order valence-corrected chi connectivity index (χ4v) is 1.42. The largest absolute Gasteiger partial charge is 0.399 e. The van der Waals surface area contributed by atoms with E-state index in [1.807, 2.05) is 30.3 Å². The molecule has 0 fully saturated rings. The summed E-state index contributed by atoms with van der Waals surface area (Å²) >= 11 is 0. The molecule has 0 atom stereocenters. The van der Waals surface area contributed by atoms with Crippen molar-refractivity contribution in [2.75, 3.05) is 12.4 Å². The molecular formula is C12H11N7O. The summed E-state index contributed by atoms with van der Waals surface area (Å²) in [5, 5.41) is 29.0. The summed E-state index contributed by atoms with van der Waals surface area (Å²) in [6.45, 7) is 0. The van der Waals surface area contributed by atoms with Crippen molar-refractivity contribution in [3.8, 4) is 6.07 Å². The Morgan fingerprint density at radius 3 is 3.05 bits per heavy atom. The molecule has 0 amide bonds. The third-order valence-corrected chi connectivity index (χ3v) is 2.34. The molecule has 0 aliphatic heterocycles. The van der Waals surface area contributed by atoms with E-state index >= 15 is 0 Å². The van der Waals surface area contributed by atoms with E-state index < -0.39 is 0 Å². The van der Waals surface area contributed by atoms with Crippen molar-refractivity contribution in [1.29, 1.82) is 5.26 Å². The molecule has 1 heterocycles. The Bertz CT molecular complexity index is 655. The number of hydrogen-bond donors (Lipinski definition) is 2. The number of tetrazole rings is 1. The van der Waals surface area contributed by atoms with Gasteiger partial charge in [-0.25, -0.2) is 0 Å². The first-order chi connectivity index (χ1) is 9.85. The molecular weight excluding hydrogens is 258 g/mol. The van der Waals surface area contributed by atoms with E-state index in [0.717, 1.165) is 11.3 Å². The van der Waals surface area contributed by atoms with Crippen molar-refractivity contribution in [3.63, 3.8) is 0 Å². The Morgan fingerprint density at radius 1 is 1.50 bits per heavy atom. The number of H-pyrrole nitrogens is 1. The highest BCUT2D eigenvalue weighted by molar-refractivity contribution is 5.88. The topological polar surface area (TPSA) is 112 Å². The summed E-state index contributed by atoms with van der Waals surface area (Å²) in [6, 6.07) is 9.43. The third-order valence-electron chi connectivity index (χ3n) is 2.34. The summed E-state index contributed by atoms with van der Waals surface area (Å²) in [5.74, 6) is 0.225. The van der Waals surface area contributed by atoms with Crippen LogP contribution in [-0.2, 0) is 4.84 Å². The van der Waals surface area contributed by atoms with Gasteiger partial charge in [-0.2, -0.15) is 10.5 Å². The molecule has 0 aliphatic rings. The highest BCUT2D eigenvalue weighted by Gasteiger charge is 2.06. The molecule has 8 heteroatoms. The zero-order chi connectivity index (χ0) is 14.2. The maximum atomic E-state index is 9.06. The van der Waals surface area contributed by atoms with Gasteiger partial charge in [0.05, 0.1) is 6.21 Å². The van der Waals surface area contributed by atoms with E-state index in [9.17, 15) is 0 Å². The predicted octanol–water partition coefficient (Wildman–Crippen LogP) is 1.16. The maximum absolute atomic E-state index is 9.06.